The highest BCUT2D eigenvalue weighted by molar-refractivity contribution is 5.98. The van der Waals surface area contributed by atoms with Crippen molar-refractivity contribution in [2.75, 3.05) is 19.7 Å². The standard InChI is InChI=1S/C24H23N3O3/c1-17-5-7-18(8-6-17)19-9-10-22-20(16-19)24(29)27(14-15-30-22)13-2-4-21(28)23-25-11-3-12-26-23/h3,5-12,16H,2,4,13-15H2,1H3. The van der Waals surface area contributed by atoms with Gasteiger partial charge in [0.05, 0.1) is 12.1 Å². The van der Waals surface area contributed by atoms with Gasteiger partial charge in [0.1, 0.15) is 12.4 Å². The summed E-state index contributed by atoms with van der Waals surface area (Å²) in [6, 6.07) is 15.6. The van der Waals surface area contributed by atoms with Crippen molar-refractivity contribution >= 4 is 11.7 Å². The average molecular weight is 401 g/mol. The van der Waals surface area contributed by atoms with E-state index in [1.807, 2.05) is 37.3 Å². The number of hydrogen-bond acceptors (Lipinski definition) is 5. The molecule has 2 heterocycles. The number of nitrogens with zero attached hydrogens (tertiary/aromatic N) is 3. The van der Waals surface area contributed by atoms with Crippen LogP contribution in [0.1, 0.15) is 39.4 Å². The molecule has 0 bridgehead atoms. The van der Waals surface area contributed by atoms with Crippen LogP contribution in [0.25, 0.3) is 11.1 Å². The molecule has 6 heteroatoms. The Morgan fingerprint density at radius 3 is 2.57 bits per heavy atom. The number of carbonyl (C=O) groups excluding carboxylic acids is 2. The lowest BCUT2D eigenvalue weighted by Crippen LogP contribution is -2.33. The summed E-state index contributed by atoms with van der Waals surface area (Å²) in [5, 5.41) is 0. The van der Waals surface area contributed by atoms with Crippen molar-refractivity contribution in [2.45, 2.75) is 19.8 Å². The van der Waals surface area contributed by atoms with Gasteiger partial charge in [-0.1, -0.05) is 35.9 Å². The Morgan fingerprint density at radius 2 is 1.80 bits per heavy atom. The first-order valence-corrected chi connectivity index (χ1v) is 10.1. The third-order valence-corrected chi connectivity index (χ3v) is 5.15. The molecule has 0 fully saturated rings. The number of ether oxygens (including phenoxy) is 1. The van der Waals surface area contributed by atoms with Crippen LogP contribution in [0.5, 0.6) is 5.75 Å². The van der Waals surface area contributed by atoms with Crippen molar-refractivity contribution in [2.24, 2.45) is 0 Å². The zero-order chi connectivity index (χ0) is 20.9. The van der Waals surface area contributed by atoms with Gasteiger partial charge < -0.3 is 9.64 Å². The van der Waals surface area contributed by atoms with E-state index in [1.54, 1.807) is 23.4 Å². The summed E-state index contributed by atoms with van der Waals surface area (Å²) >= 11 is 0. The van der Waals surface area contributed by atoms with E-state index in [1.165, 1.54) is 5.56 Å². The van der Waals surface area contributed by atoms with Crippen LogP contribution in [0.15, 0.2) is 60.9 Å². The fourth-order valence-electron chi connectivity index (χ4n) is 3.48. The summed E-state index contributed by atoms with van der Waals surface area (Å²) < 4.78 is 5.81. The zero-order valence-electron chi connectivity index (χ0n) is 16.9. The van der Waals surface area contributed by atoms with Gasteiger partial charge in [-0.15, -0.1) is 0 Å². The molecule has 3 aromatic rings. The van der Waals surface area contributed by atoms with Gasteiger partial charge in [0.2, 0.25) is 0 Å². The Labute approximate surface area is 175 Å². The minimum Gasteiger partial charge on any atom is -0.491 e. The van der Waals surface area contributed by atoms with Crippen molar-refractivity contribution in [3.63, 3.8) is 0 Å². The van der Waals surface area contributed by atoms with Crippen LogP contribution >= 0.6 is 0 Å². The van der Waals surface area contributed by atoms with Crippen LogP contribution < -0.4 is 4.74 Å². The third kappa shape index (κ3) is 4.38. The highest BCUT2D eigenvalue weighted by Crippen LogP contribution is 2.29. The normalized spacial score (nSPS) is 13.4. The van der Waals surface area contributed by atoms with E-state index >= 15 is 0 Å². The Hall–Kier alpha value is -3.54. The van der Waals surface area contributed by atoms with E-state index in [2.05, 4.69) is 22.1 Å². The predicted octanol–water partition coefficient (Wildman–Crippen LogP) is 3.95. The van der Waals surface area contributed by atoms with Crippen molar-refractivity contribution in [3.8, 4) is 16.9 Å². The largest absolute Gasteiger partial charge is 0.491 e. The van der Waals surface area contributed by atoms with E-state index in [4.69, 9.17) is 4.74 Å². The molecule has 1 aromatic heterocycles. The monoisotopic (exact) mass is 401 g/mol. The molecule has 1 aliphatic heterocycles. The highest BCUT2D eigenvalue weighted by Gasteiger charge is 2.24. The second-order valence-electron chi connectivity index (χ2n) is 7.32. The van der Waals surface area contributed by atoms with Crippen LogP contribution in [-0.2, 0) is 0 Å². The molecule has 1 amide bonds. The van der Waals surface area contributed by atoms with Crippen LogP contribution in [0.4, 0.5) is 0 Å². The number of ketones is 1. The molecule has 0 radical (unpaired) electrons. The van der Waals surface area contributed by atoms with Gasteiger partial charge in [0.15, 0.2) is 11.6 Å². The smallest absolute Gasteiger partial charge is 0.257 e. The van der Waals surface area contributed by atoms with Gasteiger partial charge in [0, 0.05) is 25.4 Å². The summed E-state index contributed by atoms with van der Waals surface area (Å²) in [7, 11) is 0. The molecule has 0 saturated heterocycles. The molecule has 0 N–H and O–H groups in total. The second-order valence-corrected chi connectivity index (χ2v) is 7.32. The minimum absolute atomic E-state index is 0.0696. The molecule has 152 valence electrons. The lowest BCUT2D eigenvalue weighted by atomic mass is 10.0. The molecule has 4 rings (SSSR count). The first-order valence-electron chi connectivity index (χ1n) is 10.1. The van der Waals surface area contributed by atoms with Crippen molar-refractivity contribution < 1.29 is 14.3 Å². The molecular weight excluding hydrogens is 378 g/mol. The van der Waals surface area contributed by atoms with Crippen molar-refractivity contribution in [3.05, 3.63) is 77.9 Å². The summed E-state index contributed by atoms with van der Waals surface area (Å²) in [5.74, 6) is 0.638. The van der Waals surface area contributed by atoms with Crippen LogP contribution in [0.2, 0.25) is 0 Å². The number of fused-ring (bicyclic) bond motifs is 1. The van der Waals surface area contributed by atoms with Gasteiger partial charge in [0.25, 0.3) is 5.91 Å². The Bertz CT molecular complexity index is 1050. The molecular formula is C24H23N3O3. The van der Waals surface area contributed by atoms with Crippen molar-refractivity contribution in [1.82, 2.24) is 14.9 Å². The van der Waals surface area contributed by atoms with E-state index in [0.29, 0.717) is 43.9 Å². The fourth-order valence-corrected chi connectivity index (χ4v) is 3.48. The molecule has 2 aromatic carbocycles. The lowest BCUT2D eigenvalue weighted by molar-refractivity contribution is 0.0746. The summed E-state index contributed by atoms with van der Waals surface area (Å²) in [4.78, 5) is 35.1. The maximum atomic E-state index is 13.2. The van der Waals surface area contributed by atoms with Crippen LogP contribution in [-0.4, -0.2) is 46.3 Å². The lowest BCUT2D eigenvalue weighted by Gasteiger charge is -2.19. The molecule has 0 unspecified atom stereocenters. The molecule has 0 saturated carbocycles. The Kier molecular flexibility index (Phi) is 5.84. The maximum Gasteiger partial charge on any atom is 0.257 e. The van der Waals surface area contributed by atoms with Gasteiger partial charge in [-0.25, -0.2) is 9.97 Å². The number of Topliss-reactive ketones (excluding diaryl/α,β-unsaturated/α-hetero) is 1. The third-order valence-electron chi connectivity index (χ3n) is 5.15. The fraction of sp³-hybridized carbons (Fsp3) is 0.250. The molecule has 6 nitrogen and oxygen atoms in total. The van der Waals surface area contributed by atoms with E-state index in [0.717, 1.165) is 11.1 Å². The number of aromatic nitrogens is 2. The zero-order valence-corrected chi connectivity index (χ0v) is 16.9. The molecule has 0 aliphatic carbocycles. The maximum absolute atomic E-state index is 13.2. The SMILES string of the molecule is Cc1ccc(-c2ccc3c(c2)C(=O)N(CCCC(=O)c2ncccn2)CCO3)cc1. The first kappa shape index (κ1) is 19.8. The second kappa shape index (κ2) is 8.86. The Morgan fingerprint density at radius 1 is 1.07 bits per heavy atom. The predicted molar refractivity (Wildman–Crippen MR) is 114 cm³/mol. The number of aryl methyl sites for hydroxylation is 1. The average Bonchev–Trinajstić information content (AvgIpc) is 2.93. The highest BCUT2D eigenvalue weighted by atomic mass is 16.5. The molecule has 30 heavy (non-hydrogen) atoms. The quantitative estimate of drug-likeness (QED) is 0.585. The van der Waals surface area contributed by atoms with Gasteiger partial charge in [-0.3, -0.25) is 9.59 Å². The van der Waals surface area contributed by atoms with Gasteiger partial charge >= 0.3 is 0 Å². The summed E-state index contributed by atoms with van der Waals surface area (Å²) in [6.45, 7) is 3.45. The number of rotatable bonds is 6. The van der Waals surface area contributed by atoms with Crippen molar-refractivity contribution in [1.29, 1.82) is 0 Å². The van der Waals surface area contributed by atoms with Gasteiger partial charge in [-0.05, 0) is 42.7 Å². The molecule has 0 atom stereocenters. The molecule has 0 spiro atoms. The Balaban J connectivity index is 1.46. The summed E-state index contributed by atoms with van der Waals surface area (Å²) in [6.07, 6.45) is 3.96. The topological polar surface area (TPSA) is 72.4 Å². The van der Waals surface area contributed by atoms with Crippen LogP contribution in [0, 0.1) is 6.92 Å². The van der Waals surface area contributed by atoms with Crippen LogP contribution in [0.3, 0.4) is 0 Å². The first-order chi connectivity index (χ1) is 14.6. The van der Waals surface area contributed by atoms with E-state index < -0.39 is 0 Å². The summed E-state index contributed by atoms with van der Waals surface area (Å²) in [5.41, 5.74) is 3.78. The molecule has 1 aliphatic rings. The van der Waals surface area contributed by atoms with E-state index in [-0.39, 0.29) is 17.5 Å². The van der Waals surface area contributed by atoms with E-state index in [9.17, 15) is 9.59 Å². The number of carbonyl (C=O) groups is 2. The minimum atomic E-state index is -0.115. The van der Waals surface area contributed by atoms with Gasteiger partial charge in [-0.2, -0.15) is 0 Å². The number of amides is 1. The number of hydrogen-bond donors (Lipinski definition) is 0. The number of benzene rings is 2.